The number of benzene rings is 1. The number of aromatic amines is 2. The second kappa shape index (κ2) is 6.48. The number of nitrogens with one attached hydrogen (secondary N) is 3. The number of carboxylic acid groups (broad SMARTS) is 1. The average Bonchev–Trinajstić information content (AvgIpc) is 2.97. The fourth-order valence-corrected chi connectivity index (χ4v) is 2.50. The lowest BCUT2D eigenvalue weighted by atomic mass is 10.1. The number of nitrogen functional groups attached to an aromatic ring is 1. The van der Waals surface area contributed by atoms with Gasteiger partial charge in [0, 0.05) is 18.7 Å². The molecule has 25 heavy (non-hydrogen) atoms. The third-order valence-electron chi connectivity index (χ3n) is 3.65. The van der Waals surface area contributed by atoms with Gasteiger partial charge in [-0.3, -0.25) is 14.6 Å². The van der Waals surface area contributed by atoms with Crippen molar-refractivity contribution in [2.24, 2.45) is 0 Å². The fraction of sp³-hybridized carbons (Fsp3) is 0.125. The minimum atomic E-state index is -1.16. The Bertz CT molecular complexity index is 1020. The molecular weight excluding hydrogens is 326 g/mol. The molecule has 0 fully saturated rings. The molecule has 0 aliphatic heterocycles. The Morgan fingerprint density at radius 3 is 2.64 bits per heavy atom. The number of hydrogen-bond donors (Lipinski definition) is 5. The molecule has 3 aromatic rings. The van der Waals surface area contributed by atoms with E-state index in [1.54, 1.807) is 18.2 Å². The highest BCUT2D eigenvalue weighted by Gasteiger charge is 2.15. The highest BCUT2D eigenvalue weighted by atomic mass is 16.4. The van der Waals surface area contributed by atoms with Gasteiger partial charge in [-0.2, -0.15) is 4.98 Å². The monoisotopic (exact) mass is 341 g/mol. The number of nitrogens with two attached hydrogens (primary N) is 1. The van der Waals surface area contributed by atoms with E-state index in [2.05, 4.69) is 20.3 Å². The van der Waals surface area contributed by atoms with Crippen molar-refractivity contribution < 1.29 is 14.7 Å². The molecule has 0 unspecified atom stereocenters. The Morgan fingerprint density at radius 2 is 1.92 bits per heavy atom. The molecule has 9 heteroatoms. The lowest BCUT2D eigenvalue weighted by Gasteiger charge is -2.07. The number of anilines is 1. The van der Waals surface area contributed by atoms with Gasteiger partial charge in [-0.25, -0.2) is 4.79 Å². The van der Waals surface area contributed by atoms with E-state index < -0.39 is 11.9 Å². The van der Waals surface area contributed by atoms with Crippen LogP contribution in [0, 0.1) is 0 Å². The van der Waals surface area contributed by atoms with Crippen LogP contribution in [0.1, 0.15) is 26.4 Å². The van der Waals surface area contributed by atoms with Crippen molar-refractivity contribution in [3.8, 4) is 0 Å². The first kappa shape index (κ1) is 16.2. The number of aromatic nitrogens is 3. The van der Waals surface area contributed by atoms with Gasteiger partial charge in [0.25, 0.3) is 11.5 Å². The van der Waals surface area contributed by atoms with Gasteiger partial charge in [0.15, 0.2) is 0 Å². The van der Waals surface area contributed by atoms with Crippen LogP contribution in [-0.4, -0.2) is 38.5 Å². The van der Waals surface area contributed by atoms with Crippen molar-refractivity contribution in [1.82, 2.24) is 20.3 Å². The lowest BCUT2D eigenvalue weighted by Crippen LogP contribution is -2.27. The number of carbonyl (C=O) groups is 2. The van der Waals surface area contributed by atoms with Gasteiger partial charge in [-0.15, -0.1) is 0 Å². The van der Waals surface area contributed by atoms with Crippen molar-refractivity contribution in [1.29, 1.82) is 0 Å². The third-order valence-corrected chi connectivity index (χ3v) is 3.65. The summed E-state index contributed by atoms with van der Waals surface area (Å²) in [7, 11) is 0. The summed E-state index contributed by atoms with van der Waals surface area (Å²) in [6.45, 7) is 0.257. The van der Waals surface area contributed by atoms with Crippen molar-refractivity contribution >= 4 is 28.9 Å². The molecule has 0 aliphatic carbocycles. The summed E-state index contributed by atoms with van der Waals surface area (Å²) >= 11 is 0. The van der Waals surface area contributed by atoms with Gasteiger partial charge in [0.1, 0.15) is 5.65 Å². The molecular formula is C16H15N5O4. The number of nitrogens with zero attached hydrogens (tertiary/aromatic N) is 1. The van der Waals surface area contributed by atoms with Crippen molar-refractivity contribution in [3.05, 3.63) is 57.5 Å². The van der Waals surface area contributed by atoms with Gasteiger partial charge in [0.2, 0.25) is 5.95 Å². The summed E-state index contributed by atoms with van der Waals surface area (Å²) in [5.41, 5.74) is 6.25. The van der Waals surface area contributed by atoms with Gasteiger partial charge in [-0.1, -0.05) is 12.1 Å². The molecule has 0 bridgehead atoms. The summed E-state index contributed by atoms with van der Waals surface area (Å²) in [6, 6.07) is 7.62. The zero-order chi connectivity index (χ0) is 18.0. The predicted octanol–water partition coefficient (Wildman–Crippen LogP) is 0.504. The number of H-pyrrole nitrogens is 2. The Labute approximate surface area is 140 Å². The average molecular weight is 341 g/mol. The predicted molar refractivity (Wildman–Crippen MR) is 90.6 cm³/mol. The Morgan fingerprint density at radius 1 is 1.20 bits per heavy atom. The van der Waals surface area contributed by atoms with Gasteiger partial charge in [0.05, 0.1) is 16.5 Å². The molecule has 0 radical (unpaired) electrons. The normalized spacial score (nSPS) is 10.7. The summed E-state index contributed by atoms with van der Waals surface area (Å²) in [6.07, 6.45) is 0.413. The third kappa shape index (κ3) is 3.34. The van der Waals surface area contributed by atoms with Crippen molar-refractivity contribution in [2.45, 2.75) is 6.42 Å². The molecule has 0 atom stereocenters. The first-order valence-corrected chi connectivity index (χ1v) is 7.43. The van der Waals surface area contributed by atoms with Gasteiger partial charge >= 0.3 is 5.97 Å². The summed E-state index contributed by atoms with van der Waals surface area (Å²) in [5, 5.41) is 12.2. The summed E-state index contributed by atoms with van der Waals surface area (Å²) < 4.78 is 0. The maximum atomic E-state index is 12.2. The molecule has 2 aromatic heterocycles. The van der Waals surface area contributed by atoms with Crippen LogP contribution >= 0.6 is 0 Å². The second-order valence-electron chi connectivity index (χ2n) is 5.36. The zero-order valence-electron chi connectivity index (χ0n) is 13.0. The standard InChI is InChI=1S/C16H15N5O4/c17-16-20-12-11(14(23)21-16)7-8(19-12)5-6-18-13(22)9-3-1-2-4-10(9)15(24)25/h1-4,7H,5-6H2,(H,18,22)(H,24,25)(H4,17,19,20,21,23). The van der Waals surface area contributed by atoms with E-state index >= 15 is 0 Å². The number of aromatic carboxylic acids is 1. The molecule has 0 saturated carbocycles. The fourth-order valence-electron chi connectivity index (χ4n) is 2.50. The number of carbonyl (C=O) groups excluding carboxylic acids is 1. The van der Waals surface area contributed by atoms with Crippen LogP contribution in [-0.2, 0) is 6.42 Å². The van der Waals surface area contributed by atoms with Crippen LogP contribution in [0.3, 0.4) is 0 Å². The minimum Gasteiger partial charge on any atom is -0.478 e. The first-order chi connectivity index (χ1) is 12.0. The number of rotatable bonds is 5. The van der Waals surface area contributed by atoms with Crippen LogP contribution in [0.15, 0.2) is 35.1 Å². The lowest BCUT2D eigenvalue weighted by molar-refractivity contribution is 0.0691. The van der Waals surface area contributed by atoms with Gasteiger partial charge in [-0.05, 0) is 18.2 Å². The molecule has 3 rings (SSSR count). The quantitative estimate of drug-likeness (QED) is 0.455. The van der Waals surface area contributed by atoms with Crippen molar-refractivity contribution in [3.63, 3.8) is 0 Å². The first-order valence-electron chi connectivity index (χ1n) is 7.43. The second-order valence-corrected chi connectivity index (χ2v) is 5.36. The van der Waals surface area contributed by atoms with E-state index in [4.69, 9.17) is 10.8 Å². The number of amides is 1. The number of fused-ring (bicyclic) bond motifs is 1. The molecule has 1 amide bonds. The van der Waals surface area contributed by atoms with E-state index in [1.165, 1.54) is 12.1 Å². The van der Waals surface area contributed by atoms with E-state index in [1.807, 2.05) is 0 Å². The molecule has 128 valence electrons. The topological polar surface area (TPSA) is 154 Å². The van der Waals surface area contributed by atoms with Crippen LogP contribution in [0.25, 0.3) is 11.0 Å². The number of carboxylic acids is 1. The minimum absolute atomic E-state index is 0.0180. The van der Waals surface area contributed by atoms with E-state index in [-0.39, 0.29) is 29.2 Å². The van der Waals surface area contributed by atoms with Crippen LogP contribution < -0.4 is 16.6 Å². The van der Waals surface area contributed by atoms with Gasteiger partial charge < -0.3 is 21.1 Å². The SMILES string of the molecule is Nc1nc2[nH]c(CCNC(=O)c3ccccc3C(=O)O)cc2c(=O)[nH]1. The van der Waals surface area contributed by atoms with Crippen LogP contribution in [0.5, 0.6) is 0 Å². The molecule has 1 aromatic carbocycles. The van der Waals surface area contributed by atoms with Crippen molar-refractivity contribution in [2.75, 3.05) is 12.3 Å². The summed E-state index contributed by atoms with van der Waals surface area (Å²) in [5.74, 6) is -1.62. The van der Waals surface area contributed by atoms with Crippen LogP contribution in [0.2, 0.25) is 0 Å². The smallest absolute Gasteiger partial charge is 0.336 e. The molecule has 0 saturated heterocycles. The Hall–Kier alpha value is -3.62. The Balaban J connectivity index is 1.69. The van der Waals surface area contributed by atoms with E-state index in [9.17, 15) is 14.4 Å². The largest absolute Gasteiger partial charge is 0.478 e. The molecule has 2 heterocycles. The summed E-state index contributed by atoms with van der Waals surface area (Å²) in [4.78, 5) is 44.4. The molecule has 0 spiro atoms. The molecule has 0 aliphatic rings. The highest BCUT2D eigenvalue weighted by Crippen LogP contribution is 2.11. The highest BCUT2D eigenvalue weighted by molar-refractivity contribution is 6.04. The van der Waals surface area contributed by atoms with Crippen LogP contribution in [0.4, 0.5) is 5.95 Å². The van der Waals surface area contributed by atoms with E-state index in [0.717, 1.165) is 0 Å². The molecule has 6 N–H and O–H groups in total. The van der Waals surface area contributed by atoms with E-state index in [0.29, 0.717) is 23.1 Å². The zero-order valence-corrected chi connectivity index (χ0v) is 13.0. The maximum absolute atomic E-state index is 12.2. The molecule has 9 nitrogen and oxygen atoms in total. The Kier molecular flexibility index (Phi) is 4.21. The maximum Gasteiger partial charge on any atom is 0.336 e. The number of hydrogen-bond acceptors (Lipinski definition) is 5.